The number of hydrogen-bond acceptors (Lipinski definition) is 2. The Hall–Kier alpha value is -1.03. The van der Waals surface area contributed by atoms with Gasteiger partial charge in [-0.05, 0) is 39.2 Å². The molecule has 0 unspecified atom stereocenters. The molecule has 0 radical (unpaired) electrons. The van der Waals surface area contributed by atoms with E-state index in [1.807, 2.05) is 6.92 Å². The molecule has 1 heterocycles. The van der Waals surface area contributed by atoms with E-state index >= 15 is 0 Å². The average molecular weight is 299 g/mol. The van der Waals surface area contributed by atoms with Crippen molar-refractivity contribution in [2.45, 2.75) is 64.0 Å². The van der Waals surface area contributed by atoms with Crippen molar-refractivity contribution in [3.63, 3.8) is 0 Å². The lowest BCUT2D eigenvalue weighted by atomic mass is 9.76. The lowest BCUT2D eigenvalue weighted by molar-refractivity contribution is -0.162. The first-order valence-electron chi connectivity index (χ1n) is 7.24. The van der Waals surface area contributed by atoms with Gasteiger partial charge in [0.25, 0.3) is 0 Å². The van der Waals surface area contributed by atoms with Gasteiger partial charge in [-0.1, -0.05) is 30.9 Å². The van der Waals surface area contributed by atoms with E-state index in [0.717, 1.165) is 37.7 Å². The first-order valence-corrected chi connectivity index (χ1v) is 7.68. The molecule has 1 aliphatic carbocycles. The Kier molecular flexibility index (Phi) is 4.14. The van der Waals surface area contributed by atoms with Crippen LogP contribution in [0.25, 0.3) is 0 Å². The van der Waals surface area contributed by atoms with Gasteiger partial charge in [0.2, 0.25) is 11.8 Å². The van der Waals surface area contributed by atoms with Gasteiger partial charge in [0.1, 0.15) is 11.1 Å². The topological polar surface area (TPSA) is 49.4 Å². The summed E-state index contributed by atoms with van der Waals surface area (Å²) in [6.07, 6.45) is 4.60. The summed E-state index contributed by atoms with van der Waals surface area (Å²) in [7, 11) is 0. The second kappa shape index (κ2) is 5.40. The maximum atomic E-state index is 13.0. The van der Waals surface area contributed by atoms with Crippen LogP contribution in [-0.2, 0) is 9.59 Å². The molecule has 112 valence electrons. The Morgan fingerprint density at radius 3 is 2.45 bits per heavy atom. The van der Waals surface area contributed by atoms with Gasteiger partial charge < -0.3 is 10.2 Å². The maximum absolute atomic E-state index is 13.0. The maximum Gasteiger partial charge on any atom is 0.249 e. The van der Waals surface area contributed by atoms with Crippen LogP contribution in [0.4, 0.5) is 0 Å². The van der Waals surface area contributed by atoms with Crippen molar-refractivity contribution < 1.29 is 9.59 Å². The molecule has 4 nitrogen and oxygen atoms in total. The molecule has 1 N–H and O–H groups in total. The normalized spacial score (nSPS) is 25.8. The summed E-state index contributed by atoms with van der Waals surface area (Å²) in [5.74, 6) is -0.0268. The number of piperazine rings is 1. The predicted molar refractivity (Wildman–Crippen MR) is 79.4 cm³/mol. The van der Waals surface area contributed by atoms with Gasteiger partial charge in [-0.25, -0.2) is 0 Å². The Balaban J connectivity index is 2.34. The van der Waals surface area contributed by atoms with E-state index in [-0.39, 0.29) is 11.8 Å². The minimum atomic E-state index is -0.832. The highest BCUT2D eigenvalue weighted by molar-refractivity contribution is 6.25. The number of halogens is 1. The Labute approximate surface area is 125 Å². The van der Waals surface area contributed by atoms with Crippen molar-refractivity contribution in [2.75, 3.05) is 6.54 Å². The summed E-state index contributed by atoms with van der Waals surface area (Å²) in [4.78, 5) is 27.1. The summed E-state index contributed by atoms with van der Waals surface area (Å²) in [6, 6.07) is 0. The molecule has 0 aromatic rings. The molecule has 0 aromatic carbocycles. The quantitative estimate of drug-likeness (QED) is 0.852. The molecule has 2 aliphatic rings. The fourth-order valence-corrected chi connectivity index (χ4v) is 3.18. The average Bonchev–Trinajstić information content (AvgIpc) is 2.43. The Bertz CT molecular complexity index is 451. The molecule has 20 heavy (non-hydrogen) atoms. The van der Waals surface area contributed by atoms with Crippen LogP contribution in [0.5, 0.6) is 0 Å². The van der Waals surface area contributed by atoms with E-state index in [2.05, 4.69) is 5.32 Å². The fourth-order valence-electron chi connectivity index (χ4n) is 3.11. The molecule has 0 bridgehead atoms. The zero-order valence-electron chi connectivity index (χ0n) is 12.5. The second-order valence-electron chi connectivity index (χ2n) is 6.50. The summed E-state index contributed by atoms with van der Waals surface area (Å²) in [6.45, 7) is 5.86. The smallest absolute Gasteiger partial charge is 0.249 e. The molecule has 2 amide bonds. The van der Waals surface area contributed by atoms with Gasteiger partial charge in [0.05, 0.1) is 0 Å². The highest BCUT2D eigenvalue weighted by atomic mass is 35.5. The zero-order valence-corrected chi connectivity index (χ0v) is 13.2. The Morgan fingerprint density at radius 1 is 1.30 bits per heavy atom. The molecular formula is C15H23ClN2O2. The summed E-state index contributed by atoms with van der Waals surface area (Å²) in [5, 5.41) is 3.01. The van der Waals surface area contributed by atoms with E-state index in [0.29, 0.717) is 6.54 Å². The fraction of sp³-hybridized carbons (Fsp3) is 0.733. The van der Waals surface area contributed by atoms with Gasteiger partial charge in [-0.15, -0.1) is 0 Å². The summed E-state index contributed by atoms with van der Waals surface area (Å²) >= 11 is 5.73. The molecule has 2 fully saturated rings. The van der Waals surface area contributed by atoms with Crippen LogP contribution in [0.3, 0.4) is 0 Å². The number of hydrogen-bond donors (Lipinski definition) is 1. The second-order valence-corrected chi connectivity index (χ2v) is 6.72. The summed E-state index contributed by atoms with van der Waals surface area (Å²) < 4.78 is 0. The minimum Gasteiger partial charge on any atom is -0.340 e. The third kappa shape index (κ3) is 2.46. The third-order valence-electron chi connectivity index (χ3n) is 4.54. The van der Waals surface area contributed by atoms with Crippen LogP contribution in [0.1, 0.15) is 52.9 Å². The van der Waals surface area contributed by atoms with Crippen molar-refractivity contribution >= 4 is 23.4 Å². The third-order valence-corrected chi connectivity index (χ3v) is 4.91. The first-order chi connectivity index (χ1) is 9.33. The number of nitrogens with one attached hydrogen (secondary N) is 1. The molecule has 5 heteroatoms. The highest BCUT2D eigenvalue weighted by Gasteiger charge is 2.54. The van der Waals surface area contributed by atoms with E-state index in [9.17, 15) is 9.59 Å². The number of carbonyl (C=O) groups is 2. The van der Waals surface area contributed by atoms with Crippen LogP contribution >= 0.6 is 11.6 Å². The molecule has 0 aromatic heterocycles. The van der Waals surface area contributed by atoms with Gasteiger partial charge in [0.15, 0.2) is 0 Å². The largest absolute Gasteiger partial charge is 0.340 e. The Morgan fingerprint density at radius 2 is 1.90 bits per heavy atom. The van der Waals surface area contributed by atoms with E-state index in [1.165, 1.54) is 5.54 Å². The van der Waals surface area contributed by atoms with Gasteiger partial charge in [-0.2, -0.15) is 0 Å². The lowest BCUT2D eigenvalue weighted by Gasteiger charge is -2.51. The van der Waals surface area contributed by atoms with Crippen molar-refractivity contribution in [1.82, 2.24) is 10.2 Å². The van der Waals surface area contributed by atoms with Gasteiger partial charge in [0, 0.05) is 12.1 Å². The van der Waals surface area contributed by atoms with Crippen LogP contribution < -0.4 is 5.32 Å². The van der Waals surface area contributed by atoms with Crippen molar-refractivity contribution in [3.05, 3.63) is 11.1 Å². The lowest BCUT2D eigenvalue weighted by Crippen LogP contribution is -2.74. The highest BCUT2D eigenvalue weighted by Crippen LogP contribution is 2.36. The number of amides is 2. The van der Waals surface area contributed by atoms with E-state index < -0.39 is 11.1 Å². The number of nitrogens with zero attached hydrogens (tertiary/aromatic N) is 1. The molecular weight excluding hydrogens is 276 g/mol. The predicted octanol–water partition coefficient (Wildman–Crippen LogP) is 2.57. The van der Waals surface area contributed by atoms with Crippen molar-refractivity contribution in [3.8, 4) is 0 Å². The van der Waals surface area contributed by atoms with E-state index in [4.69, 9.17) is 11.6 Å². The molecule has 0 atom stereocenters. The summed E-state index contributed by atoms with van der Waals surface area (Å²) in [5.41, 5.74) is 0.843. The van der Waals surface area contributed by atoms with Crippen molar-refractivity contribution in [1.29, 1.82) is 0 Å². The monoisotopic (exact) mass is 298 g/mol. The number of rotatable bonds is 2. The van der Waals surface area contributed by atoms with Crippen LogP contribution in [0, 0.1) is 0 Å². The minimum absolute atomic E-state index is 0.0414. The molecule has 1 saturated heterocycles. The van der Waals surface area contributed by atoms with Gasteiger partial charge in [-0.3, -0.25) is 9.59 Å². The van der Waals surface area contributed by atoms with Crippen LogP contribution in [0.2, 0.25) is 0 Å². The van der Waals surface area contributed by atoms with E-state index in [1.54, 1.807) is 18.7 Å². The molecule has 1 saturated carbocycles. The standard InChI is InChI=1S/C15H23ClN2O2/c1-11(9-16)10-18-13(20)15(7-5-4-6-8-15)17-12(19)14(18,2)3/h9H,4-8,10H2,1-3H3,(H,17,19). The van der Waals surface area contributed by atoms with Crippen molar-refractivity contribution in [2.24, 2.45) is 0 Å². The molecule has 2 rings (SSSR count). The van der Waals surface area contributed by atoms with Crippen LogP contribution in [0.15, 0.2) is 11.1 Å². The number of carbonyl (C=O) groups excluding carboxylic acids is 2. The molecule has 1 aliphatic heterocycles. The molecule has 1 spiro atoms. The first kappa shape index (κ1) is 15.4. The van der Waals surface area contributed by atoms with Crippen LogP contribution in [-0.4, -0.2) is 34.3 Å². The zero-order chi connectivity index (χ0) is 15.0. The van der Waals surface area contributed by atoms with Gasteiger partial charge >= 0.3 is 0 Å². The SMILES string of the molecule is CC(=CCl)CN1C(=O)C2(CCCCC2)NC(=O)C1(C)C.